The molecule has 5 aromatic rings. The number of nitrogens with zero attached hydrogens (tertiary/aromatic N) is 5. The molecule has 2 aliphatic rings. The Morgan fingerprint density at radius 1 is 0.947 bits per heavy atom. The number of hydrogen-bond acceptors (Lipinski definition) is 6. The van der Waals surface area contributed by atoms with E-state index < -0.39 is 5.41 Å². The number of fused-ring (bicyclic) bond motifs is 4. The van der Waals surface area contributed by atoms with Crippen LogP contribution >= 0.6 is 0 Å². The van der Waals surface area contributed by atoms with Crippen LogP contribution in [0.1, 0.15) is 16.8 Å². The summed E-state index contributed by atoms with van der Waals surface area (Å²) in [6, 6.07) is 18.2. The standard InChI is InChI=1S/C28H21N7O3/c36-24(16-34-21-7-1-2-8-22(21)35(27(34)38)23-9-3-4-10-29-23)32-18-12-17-13-28(14-20(17)31-15-18)19-6-5-11-30-25(19)33-26(28)37/h1-12,15H,13-14,16H2,(H,32,36)(H,30,33,37). The van der Waals surface area contributed by atoms with Crippen molar-refractivity contribution in [3.05, 3.63) is 107 Å². The minimum atomic E-state index is -0.734. The van der Waals surface area contributed by atoms with Crippen LogP contribution in [0.5, 0.6) is 0 Å². The van der Waals surface area contributed by atoms with Gasteiger partial charge in [-0.15, -0.1) is 0 Å². The van der Waals surface area contributed by atoms with Gasteiger partial charge in [0.2, 0.25) is 11.8 Å². The second-order valence-corrected chi connectivity index (χ2v) is 9.55. The first-order valence-electron chi connectivity index (χ1n) is 12.2. The normalized spacial score (nSPS) is 17.4. The summed E-state index contributed by atoms with van der Waals surface area (Å²) in [5, 5.41) is 5.76. The number of aromatic nitrogens is 5. The van der Waals surface area contributed by atoms with Gasteiger partial charge in [-0.1, -0.05) is 24.3 Å². The highest BCUT2D eigenvalue weighted by Crippen LogP contribution is 2.46. The molecule has 2 N–H and O–H groups in total. The van der Waals surface area contributed by atoms with Crippen molar-refractivity contribution < 1.29 is 9.59 Å². The average molecular weight is 504 g/mol. The number of anilines is 2. The molecule has 1 spiro atoms. The van der Waals surface area contributed by atoms with Crippen LogP contribution in [0.3, 0.4) is 0 Å². The number of imidazole rings is 1. The van der Waals surface area contributed by atoms with E-state index in [2.05, 4.69) is 25.6 Å². The molecule has 7 rings (SSSR count). The average Bonchev–Trinajstić information content (AvgIpc) is 3.54. The summed E-state index contributed by atoms with van der Waals surface area (Å²) in [7, 11) is 0. The summed E-state index contributed by atoms with van der Waals surface area (Å²) in [5.41, 5.74) is 3.32. The predicted octanol–water partition coefficient (Wildman–Crippen LogP) is 2.60. The van der Waals surface area contributed by atoms with Gasteiger partial charge in [-0.2, -0.15) is 0 Å². The SMILES string of the molecule is O=C(Cn1c(=O)n(-c2ccccn2)c2ccccc21)Nc1cnc2c(c1)CC1(C2)C(=O)Nc2ncccc21. The zero-order valence-corrected chi connectivity index (χ0v) is 20.1. The van der Waals surface area contributed by atoms with Crippen LogP contribution < -0.4 is 16.3 Å². The van der Waals surface area contributed by atoms with Crippen molar-refractivity contribution in [1.29, 1.82) is 0 Å². The smallest absolute Gasteiger partial charge is 0.323 e. The second-order valence-electron chi connectivity index (χ2n) is 9.55. The van der Waals surface area contributed by atoms with Crippen molar-refractivity contribution in [2.75, 3.05) is 10.6 Å². The molecule has 1 atom stereocenters. The molecule has 4 aromatic heterocycles. The van der Waals surface area contributed by atoms with Crippen molar-refractivity contribution in [2.24, 2.45) is 0 Å². The highest BCUT2D eigenvalue weighted by atomic mass is 16.2. The van der Waals surface area contributed by atoms with Gasteiger partial charge in [-0.05, 0) is 48.4 Å². The zero-order valence-electron chi connectivity index (χ0n) is 20.1. The van der Waals surface area contributed by atoms with E-state index in [1.807, 2.05) is 42.5 Å². The number of benzene rings is 1. The number of nitrogens with one attached hydrogen (secondary N) is 2. The lowest BCUT2D eigenvalue weighted by Gasteiger charge is -2.19. The van der Waals surface area contributed by atoms with Gasteiger partial charge in [-0.3, -0.25) is 19.1 Å². The largest absolute Gasteiger partial charge is 0.335 e. The maximum absolute atomic E-state index is 13.4. The third kappa shape index (κ3) is 3.27. The Morgan fingerprint density at radius 3 is 2.61 bits per heavy atom. The lowest BCUT2D eigenvalue weighted by Crippen LogP contribution is -2.35. The van der Waals surface area contributed by atoms with Crippen molar-refractivity contribution in [3.63, 3.8) is 0 Å². The highest BCUT2D eigenvalue weighted by Gasteiger charge is 2.51. The van der Waals surface area contributed by atoms with Gasteiger partial charge >= 0.3 is 5.69 Å². The summed E-state index contributed by atoms with van der Waals surface area (Å²) in [6.07, 6.45) is 5.82. The van der Waals surface area contributed by atoms with E-state index in [1.54, 1.807) is 36.8 Å². The van der Waals surface area contributed by atoms with E-state index in [9.17, 15) is 14.4 Å². The van der Waals surface area contributed by atoms with Crippen LogP contribution in [-0.2, 0) is 34.4 Å². The molecule has 0 radical (unpaired) electrons. The maximum atomic E-state index is 13.4. The fourth-order valence-electron chi connectivity index (χ4n) is 5.60. The molecule has 0 fully saturated rings. The first-order chi connectivity index (χ1) is 18.5. The van der Waals surface area contributed by atoms with Crippen LogP contribution in [0.2, 0.25) is 0 Å². The van der Waals surface area contributed by atoms with Crippen LogP contribution in [0.15, 0.2) is 84.0 Å². The first kappa shape index (κ1) is 22.1. The molecule has 5 heterocycles. The number of carbonyl (C=O) groups is 2. The van der Waals surface area contributed by atoms with Gasteiger partial charge in [0, 0.05) is 30.1 Å². The lowest BCUT2D eigenvalue weighted by atomic mass is 9.80. The number of para-hydroxylation sites is 2. The first-order valence-corrected chi connectivity index (χ1v) is 12.2. The third-order valence-corrected chi connectivity index (χ3v) is 7.31. The molecule has 0 bridgehead atoms. The topological polar surface area (TPSA) is 124 Å². The maximum Gasteiger partial charge on any atom is 0.335 e. The van der Waals surface area contributed by atoms with E-state index in [4.69, 9.17) is 0 Å². The summed E-state index contributed by atoms with van der Waals surface area (Å²) < 4.78 is 2.93. The number of amides is 2. The summed E-state index contributed by atoms with van der Waals surface area (Å²) >= 11 is 0. The Morgan fingerprint density at radius 2 is 1.76 bits per heavy atom. The minimum Gasteiger partial charge on any atom is -0.323 e. The molecular weight excluding hydrogens is 482 g/mol. The Labute approximate surface area is 216 Å². The fraction of sp³-hybridized carbons (Fsp3) is 0.143. The molecule has 2 amide bonds. The molecule has 1 unspecified atom stereocenters. The van der Waals surface area contributed by atoms with Crippen LogP contribution in [0.25, 0.3) is 16.9 Å². The number of carbonyl (C=O) groups excluding carboxylic acids is 2. The van der Waals surface area contributed by atoms with Crippen LogP contribution in [0.4, 0.5) is 11.5 Å². The van der Waals surface area contributed by atoms with Crippen molar-refractivity contribution in [3.8, 4) is 5.82 Å². The second kappa shape index (κ2) is 8.20. The molecule has 0 saturated heterocycles. The summed E-state index contributed by atoms with van der Waals surface area (Å²) in [5.74, 6) is 0.628. The van der Waals surface area contributed by atoms with Gasteiger partial charge < -0.3 is 10.6 Å². The number of rotatable bonds is 4. The van der Waals surface area contributed by atoms with Gasteiger partial charge in [-0.25, -0.2) is 19.3 Å². The van der Waals surface area contributed by atoms with Crippen molar-refractivity contribution in [1.82, 2.24) is 24.1 Å². The zero-order chi connectivity index (χ0) is 25.9. The van der Waals surface area contributed by atoms with Gasteiger partial charge in [0.15, 0.2) is 0 Å². The molecule has 186 valence electrons. The van der Waals surface area contributed by atoms with E-state index in [0.717, 1.165) is 16.8 Å². The van der Waals surface area contributed by atoms with E-state index >= 15 is 0 Å². The number of hydrogen-bond donors (Lipinski definition) is 2. The Hall–Kier alpha value is -5.12. The number of pyridine rings is 3. The molecule has 10 nitrogen and oxygen atoms in total. The van der Waals surface area contributed by atoms with E-state index in [0.29, 0.717) is 41.2 Å². The molecule has 38 heavy (non-hydrogen) atoms. The van der Waals surface area contributed by atoms with Crippen molar-refractivity contribution in [2.45, 2.75) is 24.8 Å². The van der Waals surface area contributed by atoms with Crippen LogP contribution in [0, 0.1) is 0 Å². The van der Waals surface area contributed by atoms with Gasteiger partial charge in [0.05, 0.1) is 28.3 Å². The third-order valence-electron chi connectivity index (χ3n) is 7.31. The lowest BCUT2D eigenvalue weighted by molar-refractivity contribution is -0.120. The Bertz CT molecular complexity index is 1830. The predicted molar refractivity (Wildman–Crippen MR) is 140 cm³/mol. The Kier molecular flexibility index (Phi) is 4.77. The summed E-state index contributed by atoms with van der Waals surface area (Å²) in [6.45, 7) is -0.179. The van der Waals surface area contributed by atoms with Gasteiger partial charge in [0.25, 0.3) is 0 Å². The minimum absolute atomic E-state index is 0.0848. The van der Waals surface area contributed by atoms with Gasteiger partial charge in [0.1, 0.15) is 18.2 Å². The van der Waals surface area contributed by atoms with E-state index in [1.165, 1.54) is 9.13 Å². The van der Waals surface area contributed by atoms with Crippen LogP contribution in [-0.4, -0.2) is 35.9 Å². The highest BCUT2D eigenvalue weighted by molar-refractivity contribution is 6.06. The fourth-order valence-corrected chi connectivity index (χ4v) is 5.60. The quantitative estimate of drug-likeness (QED) is 0.389. The van der Waals surface area contributed by atoms with Crippen molar-refractivity contribution >= 4 is 34.4 Å². The molecule has 10 heteroatoms. The molecule has 1 aliphatic carbocycles. The monoisotopic (exact) mass is 503 g/mol. The van der Waals surface area contributed by atoms with E-state index in [-0.39, 0.29) is 24.0 Å². The molecule has 1 aliphatic heterocycles. The molecule has 0 saturated carbocycles. The molecular formula is C28H21N7O3. The molecule has 1 aromatic carbocycles. The summed E-state index contributed by atoms with van der Waals surface area (Å²) in [4.78, 5) is 52.6. The Balaban J connectivity index is 1.16.